The fourth-order valence-corrected chi connectivity index (χ4v) is 3.63. The SMILES string of the molecule is Cc1cc(OCCCCn2c(-c3ccc(Cl)cc3)nc3ccccc32)ccc1Cl. The van der Waals surface area contributed by atoms with Crippen molar-refractivity contribution in [1.82, 2.24) is 9.55 Å². The van der Waals surface area contributed by atoms with Gasteiger partial charge in [-0.15, -0.1) is 0 Å². The first-order valence-electron chi connectivity index (χ1n) is 9.72. The van der Waals surface area contributed by atoms with Gasteiger partial charge < -0.3 is 9.30 Å². The van der Waals surface area contributed by atoms with E-state index in [1.165, 1.54) is 0 Å². The number of nitrogens with zero attached hydrogens (tertiary/aromatic N) is 2. The topological polar surface area (TPSA) is 27.1 Å². The maximum atomic E-state index is 6.07. The Kier molecular flexibility index (Phi) is 6.08. The largest absolute Gasteiger partial charge is 0.494 e. The number of imidazole rings is 1. The molecule has 0 spiro atoms. The fourth-order valence-electron chi connectivity index (χ4n) is 3.39. The first-order valence-corrected chi connectivity index (χ1v) is 10.5. The maximum Gasteiger partial charge on any atom is 0.141 e. The second-order valence-electron chi connectivity index (χ2n) is 7.05. The number of aryl methyl sites for hydroxylation is 2. The van der Waals surface area contributed by atoms with E-state index in [-0.39, 0.29) is 0 Å². The molecule has 0 atom stereocenters. The van der Waals surface area contributed by atoms with E-state index in [2.05, 4.69) is 22.8 Å². The Bertz CT molecular complexity index is 1120. The molecule has 0 saturated carbocycles. The van der Waals surface area contributed by atoms with Crippen LogP contribution in [0, 0.1) is 6.92 Å². The predicted octanol–water partition coefficient (Wildman–Crippen LogP) is 7.18. The summed E-state index contributed by atoms with van der Waals surface area (Å²) in [4.78, 5) is 4.85. The summed E-state index contributed by atoms with van der Waals surface area (Å²) in [6, 6.07) is 21.9. The highest BCUT2D eigenvalue weighted by Crippen LogP contribution is 2.26. The van der Waals surface area contributed by atoms with Crippen molar-refractivity contribution in [2.45, 2.75) is 26.3 Å². The van der Waals surface area contributed by atoms with E-state index in [9.17, 15) is 0 Å². The molecule has 29 heavy (non-hydrogen) atoms. The standard InChI is InChI=1S/C24H22Cl2N2O/c1-17-16-20(12-13-21(17)26)29-15-5-4-14-28-23-7-3-2-6-22(23)27-24(28)18-8-10-19(25)11-9-18/h2-3,6-13,16H,4-5,14-15H2,1H3. The van der Waals surface area contributed by atoms with Gasteiger partial charge in [-0.25, -0.2) is 4.98 Å². The molecule has 0 amide bonds. The number of aromatic nitrogens is 2. The monoisotopic (exact) mass is 424 g/mol. The lowest BCUT2D eigenvalue weighted by atomic mass is 10.2. The van der Waals surface area contributed by atoms with Crippen LogP contribution in [-0.2, 0) is 6.54 Å². The van der Waals surface area contributed by atoms with Crippen LogP contribution in [0.25, 0.3) is 22.4 Å². The summed E-state index contributed by atoms with van der Waals surface area (Å²) in [5, 5.41) is 1.49. The first kappa shape index (κ1) is 19.8. The van der Waals surface area contributed by atoms with E-state index >= 15 is 0 Å². The smallest absolute Gasteiger partial charge is 0.141 e. The van der Waals surface area contributed by atoms with Gasteiger partial charge in [0.25, 0.3) is 0 Å². The van der Waals surface area contributed by atoms with Crippen molar-refractivity contribution in [3.63, 3.8) is 0 Å². The number of unbranched alkanes of at least 4 members (excludes halogenated alkanes) is 1. The van der Waals surface area contributed by atoms with Crippen molar-refractivity contribution < 1.29 is 4.74 Å². The Morgan fingerprint density at radius 2 is 1.72 bits per heavy atom. The van der Waals surface area contributed by atoms with E-state index in [1.807, 2.05) is 55.5 Å². The summed E-state index contributed by atoms with van der Waals surface area (Å²) >= 11 is 12.1. The summed E-state index contributed by atoms with van der Waals surface area (Å²) in [7, 11) is 0. The third kappa shape index (κ3) is 4.58. The van der Waals surface area contributed by atoms with E-state index in [1.54, 1.807) is 0 Å². The van der Waals surface area contributed by atoms with Crippen molar-refractivity contribution in [2.75, 3.05) is 6.61 Å². The van der Waals surface area contributed by atoms with Crippen molar-refractivity contribution in [3.05, 3.63) is 82.3 Å². The molecule has 0 saturated heterocycles. The molecule has 3 nitrogen and oxygen atoms in total. The zero-order valence-electron chi connectivity index (χ0n) is 16.2. The van der Waals surface area contributed by atoms with Gasteiger partial charge in [-0.05, 0) is 79.9 Å². The van der Waals surface area contributed by atoms with Gasteiger partial charge >= 0.3 is 0 Å². The quantitative estimate of drug-likeness (QED) is 0.293. The zero-order valence-corrected chi connectivity index (χ0v) is 17.7. The maximum absolute atomic E-state index is 6.07. The molecule has 3 aromatic carbocycles. The number of hydrogen-bond donors (Lipinski definition) is 0. The van der Waals surface area contributed by atoms with Crippen molar-refractivity contribution in [3.8, 4) is 17.1 Å². The van der Waals surface area contributed by atoms with Gasteiger partial charge in [0, 0.05) is 22.2 Å². The molecule has 0 fully saturated rings. The summed E-state index contributed by atoms with van der Waals surface area (Å²) in [5.41, 5.74) is 4.25. The molecule has 0 aliphatic carbocycles. The number of fused-ring (bicyclic) bond motifs is 1. The normalized spacial score (nSPS) is 11.1. The zero-order chi connectivity index (χ0) is 20.2. The van der Waals surface area contributed by atoms with Gasteiger partial charge in [-0.1, -0.05) is 35.3 Å². The van der Waals surface area contributed by atoms with E-state index in [0.717, 1.165) is 63.2 Å². The molecular weight excluding hydrogens is 403 g/mol. The molecule has 4 rings (SSSR count). The number of hydrogen-bond acceptors (Lipinski definition) is 2. The van der Waals surface area contributed by atoms with Gasteiger partial charge in [0.2, 0.25) is 0 Å². The van der Waals surface area contributed by atoms with Gasteiger partial charge in [0.1, 0.15) is 11.6 Å². The summed E-state index contributed by atoms with van der Waals surface area (Å²) < 4.78 is 8.16. The highest BCUT2D eigenvalue weighted by atomic mass is 35.5. The van der Waals surface area contributed by atoms with Crippen LogP contribution >= 0.6 is 23.2 Å². The Balaban J connectivity index is 1.45. The van der Waals surface area contributed by atoms with E-state index < -0.39 is 0 Å². The number of para-hydroxylation sites is 2. The number of halogens is 2. The highest BCUT2D eigenvalue weighted by molar-refractivity contribution is 6.31. The molecule has 148 valence electrons. The van der Waals surface area contributed by atoms with Crippen LogP contribution in [0.5, 0.6) is 5.75 Å². The third-order valence-electron chi connectivity index (χ3n) is 4.93. The van der Waals surface area contributed by atoms with Crippen LogP contribution in [0.3, 0.4) is 0 Å². The number of benzene rings is 3. The van der Waals surface area contributed by atoms with E-state index in [4.69, 9.17) is 32.9 Å². The highest BCUT2D eigenvalue weighted by Gasteiger charge is 2.12. The molecule has 0 N–H and O–H groups in total. The third-order valence-corrected chi connectivity index (χ3v) is 5.61. The minimum atomic E-state index is 0.671. The van der Waals surface area contributed by atoms with Crippen LogP contribution in [-0.4, -0.2) is 16.2 Å². The fraction of sp³-hybridized carbons (Fsp3) is 0.208. The Labute approximate surface area is 180 Å². The summed E-state index contributed by atoms with van der Waals surface area (Å²) in [5.74, 6) is 1.83. The molecule has 0 aliphatic heterocycles. The van der Waals surface area contributed by atoms with Crippen LogP contribution < -0.4 is 4.74 Å². The molecular formula is C24H22Cl2N2O. The molecule has 0 radical (unpaired) electrons. The molecule has 0 bridgehead atoms. The molecule has 1 aromatic heterocycles. The molecule has 4 aromatic rings. The van der Waals surface area contributed by atoms with Crippen molar-refractivity contribution in [1.29, 1.82) is 0 Å². The minimum absolute atomic E-state index is 0.671. The summed E-state index contributed by atoms with van der Waals surface area (Å²) in [6.07, 6.45) is 1.95. The van der Waals surface area contributed by atoms with Gasteiger partial charge in [0.05, 0.1) is 17.6 Å². The molecule has 5 heteroatoms. The van der Waals surface area contributed by atoms with Crippen LogP contribution in [0.15, 0.2) is 66.7 Å². The van der Waals surface area contributed by atoms with Crippen molar-refractivity contribution >= 4 is 34.2 Å². The van der Waals surface area contributed by atoms with Gasteiger partial charge in [-0.2, -0.15) is 0 Å². The second-order valence-corrected chi connectivity index (χ2v) is 7.89. The molecule has 0 aliphatic rings. The van der Waals surface area contributed by atoms with Crippen LogP contribution in [0.2, 0.25) is 10.0 Å². The molecule has 1 heterocycles. The average Bonchev–Trinajstić information content (AvgIpc) is 3.09. The minimum Gasteiger partial charge on any atom is -0.494 e. The van der Waals surface area contributed by atoms with E-state index in [0.29, 0.717) is 6.61 Å². The first-order chi connectivity index (χ1) is 14.1. The van der Waals surface area contributed by atoms with Gasteiger partial charge in [-0.3, -0.25) is 0 Å². The Morgan fingerprint density at radius 3 is 2.52 bits per heavy atom. The lowest BCUT2D eigenvalue weighted by Crippen LogP contribution is -2.04. The number of rotatable bonds is 7. The molecule has 0 unspecified atom stereocenters. The van der Waals surface area contributed by atoms with Crippen LogP contribution in [0.1, 0.15) is 18.4 Å². The van der Waals surface area contributed by atoms with Crippen LogP contribution in [0.4, 0.5) is 0 Å². The lowest BCUT2D eigenvalue weighted by molar-refractivity contribution is 0.303. The van der Waals surface area contributed by atoms with Gasteiger partial charge in [0.15, 0.2) is 0 Å². The average molecular weight is 425 g/mol. The summed E-state index contributed by atoms with van der Waals surface area (Å²) in [6.45, 7) is 3.53. The lowest BCUT2D eigenvalue weighted by Gasteiger charge is -2.11. The Morgan fingerprint density at radius 1 is 0.931 bits per heavy atom. The van der Waals surface area contributed by atoms with Crippen molar-refractivity contribution in [2.24, 2.45) is 0 Å². The Hall–Kier alpha value is -2.49. The number of ether oxygens (including phenoxy) is 1. The predicted molar refractivity (Wildman–Crippen MR) is 121 cm³/mol. The second kappa shape index (κ2) is 8.89.